The van der Waals surface area contributed by atoms with Crippen molar-refractivity contribution in [1.29, 1.82) is 0 Å². The largest absolute Gasteiger partial charge is 0.481 e. The topological polar surface area (TPSA) is 68.0 Å². The van der Waals surface area contributed by atoms with Crippen LogP contribution in [0.25, 0.3) is 5.69 Å². The van der Waals surface area contributed by atoms with Crippen molar-refractivity contribution in [3.8, 4) is 5.69 Å². The van der Waals surface area contributed by atoms with Crippen LogP contribution in [-0.2, 0) is 11.2 Å². The molecule has 1 aromatic heterocycles. The molecule has 0 aliphatic heterocycles. The van der Waals surface area contributed by atoms with Gasteiger partial charge in [-0.1, -0.05) is 5.21 Å². The Hall–Kier alpha value is -2.24. The van der Waals surface area contributed by atoms with Crippen LogP contribution < -0.4 is 0 Å². The zero-order valence-electron chi connectivity index (χ0n) is 10.0. The normalized spacial score (nSPS) is 10.6. The number of aromatic nitrogens is 3. The highest BCUT2D eigenvalue weighted by atomic mass is 19.1. The molecule has 0 saturated heterocycles. The maximum Gasteiger partial charge on any atom is 0.309 e. The van der Waals surface area contributed by atoms with Crippen molar-refractivity contribution < 1.29 is 14.3 Å². The minimum Gasteiger partial charge on any atom is -0.481 e. The third-order valence-corrected chi connectivity index (χ3v) is 2.70. The van der Waals surface area contributed by atoms with Crippen molar-refractivity contribution >= 4 is 5.97 Å². The van der Waals surface area contributed by atoms with Crippen LogP contribution >= 0.6 is 0 Å². The van der Waals surface area contributed by atoms with E-state index < -0.39 is 5.97 Å². The lowest BCUT2D eigenvalue weighted by atomic mass is 10.2. The molecule has 1 N–H and O–H groups in total. The maximum absolute atomic E-state index is 13.0. The number of carbonyl (C=O) groups is 1. The third kappa shape index (κ3) is 2.22. The fourth-order valence-corrected chi connectivity index (χ4v) is 1.75. The molecule has 0 amide bonds. The number of hydrogen-bond acceptors (Lipinski definition) is 3. The van der Waals surface area contributed by atoms with Crippen LogP contribution in [0.1, 0.15) is 17.0 Å². The van der Waals surface area contributed by atoms with Gasteiger partial charge in [0.25, 0.3) is 0 Å². The Morgan fingerprint density at radius 2 is 2.17 bits per heavy atom. The molecule has 6 heteroatoms. The molecule has 5 nitrogen and oxygen atoms in total. The highest BCUT2D eigenvalue weighted by molar-refractivity contribution is 5.69. The SMILES string of the molecule is Cc1cc(F)ccc1-n1nnc(CC(=O)O)c1C. The average molecular weight is 249 g/mol. The number of rotatable bonds is 3. The van der Waals surface area contributed by atoms with E-state index in [1.54, 1.807) is 19.9 Å². The summed E-state index contributed by atoms with van der Waals surface area (Å²) in [5.74, 6) is -1.28. The van der Waals surface area contributed by atoms with Crippen molar-refractivity contribution in [3.05, 3.63) is 41.0 Å². The summed E-state index contributed by atoms with van der Waals surface area (Å²) in [6.45, 7) is 3.50. The van der Waals surface area contributed by atoms with E-state index >= 15 is 0 Å². The number of aliphatic carboxylic acids is 1. The standard InChI is InChI=1S/C12H12FN3O2/c1-7-5-9(13)3-4-11(7)16-8(2)10(14-15-16)6-12(17)18/h3-5H,6H2,1-2H3,(H,17,18). The van der Waals surface area contributed by atoms with E-state index in [-0.39, 0.29) is 12.2 Å². The lowest BCUT2D eigenvalue weighted by molar-refractivity contribution is -0.136. The molecular formula is C12H12FN3O2. The van der Waals surface area contributed by atoms with Gasteiger partial charge in [0, 0.05) is 0 Å². The summed E-state index contributed by atoms with van der Waals surface area (Å²) < 4.78 is 14.5. The Labute approximate surface area is 103 Å². The number of hydrogen-bond donors (Lipinski definition) is 1. The second kappa shape index (κ2) is 4.56. The first-order valence-corrected chi connectivity index (χ1v) is 5.38. The Morgan fingerprint density at radius 1 is 1.44 bits per heavy atom. The van der Waals surface area contributed by atoms with E-state index in [1.807, 2.05) is 0 Å². The Bertz CT molecular complexity index is 607. The highest BCUT2D eigenvalue weighted by Gasteiger charge is 2.14. The van der Waals surface area contributed by atoms with Crippen LogP contribution in [0.3, 0.4) is 0 Å². The lowest BCUT2D eigenvalue weighted by Crippen LogP contribution is -2.04. The summed E-state index contributed by atoms with van der Waals surface area (Å²) in [6.07, 6.45) is -0.175. The smallest absolute Gasteiger partial charge is 0.309 e. The zero-order valence-corrected chi connectivity index (χ0v) is 10.0. The molecule has 1 aromatic carbocycles. The number of carboxylic acids is 1. The molecule has 2 aromatic rings. The van der Waals surface area contributed by atoms with Crippen LogP contribution in [-0.4, -0.2) is 26.1 Å². The monoisotopic (exact) mass is 249 g/mol. The van der Waals surface area contributed by atoms with E-state index in [1.165, 1.54) is 16.8 Å². The van der Waals surface area contributed by atoms with Gasteiger partial charge in [0.15, 0.2) is 0 Å². The fourth-order valence-electron chi connectivity index (χ4n) is 1.75. The van der Waals surface area contributed by atoms with E-state index in [2.05, 4.69) is 10.3 Å². The summed E-state index contributed by atoms with van der Waals surface area (Å²) in [6, 6.07) is 4.32. The minimum absolute atomic E-state index is 0.175. The third-order valence-electron chi connectivity index (χ3n) is 2.70. The van der Waals surface area contributed by atoms with Crippen molar-refractivity contribution in [2.75, 3.05) is 0 Å². The number of carboxylic acid groups (broad SMARTS) is 1. The molecule has 2 rings (SSSR count). The van der Waals surface area contributed by atoms with Gasteiger partial charge in [-0.2, -0.15) is 0 Å². The van der Waals surface area contributed by atoms with Gasteiger partial charge in [-0.25, -0.2) is 9.07 Å². The van der Waals surface area contributed by atoms with Gasteiger partial charge in [0.1, 0.15) is 5.82 Å². The van der Waals surface area contributed by atoms with E-state index in [0.29, 0.717) is 22.6 Å². The average Bonchev–Trinajstić information content (AvgIpc) is 2.60. The Morgan fingerprint density at radius 3 is 2.78 bits per heavy atom. The molecule has 0 aliphatic rings. The molecule has 0 unspecified atom stereocenters. The molecule has 0 radical (unpaired) electrons. The first-order chi connectivity index (χ1) is 8.49. The molecule has 0 fully saturated rings. The molecule has 1 heterocycles. The maximum atomic E-state index is 13.0. The first-order valence-electron chi connectivity index (χ1n) is 5.38. The van der Waals surface area contributed by atoms with Gasteiger partial charge in [-0.3, -0.25) is 4.79 Å². The van der Waals surface area contributed by atoms with E-state index in [0.717, 1.165) is 0 Å². The molecule has 0 spiro atoms. The lowest BCUT2D eigenvalue weighted by Gasteiger charge is -2.07. The zero-order chi connectivity index (χ0) is 13.3. The van der Waals surface area contributed by atoms with Gasteiger partial charge in [0.05, 0.1) is 23.5 Å². The molecular weight excluding hydrogens is 237 g/mol. The number of benzene rings is 1. The molecule has 0 aliphatic carbocycles. The molecule has 0 bridgehead atoms. The van der Waals surface area contributed by atoms with Crippen LogP contribution in [0.2, 0.25) is 0 Å². The predicted octanol–water partition coefficient (Wildman–Crippen LogP) is 1.65. The number of aryl methyl sites for hydroxylation is 1. The van der Waals surface area contributed by atoms with Crippen molar-refractivity contribution in [2.24, 2.45) is 0 Å². The summed E-state index contributed by atoms with van der Waals surface area (Å²) in [5, 5.41) is 16.5. The molecule has 0 atom stereocenters. The van der Waals surface area contributed by atoms with Gasteiger partial charge in [-0.15, -0.1) is 5.10 Å². The van der Waals surface area contributed by atoms with Crippen molar-refractivity contribution in [1.82, 2.24) is 15.0 Å². The second-order valence-electron chi connectivity index (χ2n) is 4.03. The first kappa shape index (κ1) is 12.2. The van der Waals surface area contributed by atoms with Crippen molar-refractivity contribution in [3.63, 3.8) is 0 Å². The van der Waals surface area contributed by atoms with Gasteiger partial charge >= 0.3 is 5.97 Å². The second-order valence-corrected chi connectivity index (χ2v) is 4.03. The van der Waals surface area contributed by atoms with Crippen LogP contribution in [0.5, 0.6) is 0 Å². The van der Waals surface area contributed by atoms with Crippen LogP contribution in [0.15, 0.2) is 18.2 Å². The van der Waals surface area contributed by atoms with Crippen molar-refractivity contribution in [2.45, 2.75) is 20.3 Å². The Balaban J connectivity index is 2.45. The number of halogens is 1. The number of nitrogens with zero attached hydrogens (tertiary/aromatic N) is 3. The highest BCUT2D eigenvalue weighted by Crippen LogP contribution is 2.17. The van der Waals surface area contributed by atoms with E-state index in [9.17, 15) is 9.18 Å². The van der Waals surface area contributed by atoms with Gasteiger partial charge in [-0.05, 0) is 37.6 Å². The molecule has 0 saturated carbocycles. The summed E-state index contributed by atoms with van der Waals surface area (Å²) in [4.78, 5) is 10.7. The Kier molecular flexibility index (Phi) is 3.10. The molecule has 18 heavy (non-hydrogen) atoms. The predicted molar refractivity (Wildman–Crippen MR) is 62.1 cm³/mol. The van der Waals surface area contributed by atoms with Gasteiger partial charge in [0.2, 0.25) is 0 Å². The summed E-state index contributed by atoms with van der Waals surface area (Å²) >= 11 is 0. The minimum atomic E-state index is -0.957. The van der Waals surface area contributed by atoms with Gasteiger partial charge < -0.3 is 5.11 Å². The van der Waals surface area contributed by atoms with Crippen LogP contribution in [0, 0.1) is 19.7 Å². The summed E-state index contributed by atoms with van der Waals surface area (Å²) in [5.41, 5.74) is 2.46. The van der Waals surface area contributed by atoms with E-state index in [4.69, 9.17) is 5.11 Å². The fraction of sp³-hybridized carbons (Fsp3) is 0.250. The van der Waals surface area contributed by atoms with Crippen LogP contribution in [0.4, 0.5) is 4.39 Å². The molecule has 94 valence electrons. The summed E-state index contributed by atoms with van der Waals surface area (Å²) in [7, 11) is 0. The quantitative estimate of drug-likeness (QED) is 0.898.